The third kappa shape index (κ3) is 10.8. The van der Waals surface area contributed by atoms with Gasteiger partial charge in [0.2, 0.25) is 5.91 Å². The Labute approximate surface area is 104 Å². The predicted octanol–water partition coefficient (Wildman–Crippen LogP) is -2.56. The van der Waals surface area contributed by atoms with Crippen molar-refractivity contribution in [1.82, 2.24) is 0 Å². The van der Waals surface area contributed by atoms with E-state index >= 15 is 0 Å². The first-order chi connectivity index (χ1) is 8.09. The molecule has 0 aliphatic carbocycles. The third-order valence-corrected chi connectivity index (χ3v) is 1.82. The molecule has 0 rings (SSSR count). The molecule has 0 aliphatic rings. The number of carboxylic acids is 2. The maximum Gasteiger partial charge on any atom is 0.323 e. The summed E-state index contributed by atoms with van der Waals surface area (Å²) in [4.78, 5) is 30.0. The van der Waals surface area contributed by atoms with Crippen LogP contribution >= 0.6 is 0 Å². The molecule has 0 aromatic heterocycles. The van der Waals surface area contributed by atoms with Gasteiger partial charge in [-0.1, -0.05) is 0 Å². The molecule has 0 heterocycles. The second kappa shape index (κ2) is 9.33. The summed E-state index contributed by atoms with van der Waals surface area (Å²) in [6.07, 6.45) is -0.856. The Kier molecular flexibility index (Phi) is 9.67. The number of carboxylic acid groups (broad SMARTS) is 2. The summed E-state index contributed by atoms with van der Waals surface area (Å²) in [5.41, 5.74) is 14.7. The van der Waals surface area contributed by atoms with E-state index in [2.05, 4.69) is 0 Å². The quantitative estimate of drug-likeness (QED) is 0.302. The van der Waals surface area contributed by atoms with E-state index in [9.17, 15) is 14.4 Å². The van der Waals surface area contributed by atoms with E-state index in [0.717, 1.165) is 0 Å². The van der Waals surface area contributed by atoms with Crippen molar-refractivity contribution in [2.45, 2.75) is 38.0 Å². The van der Waals surface area contributed by atoms with Crippen LogP contribution in [0.2, 0.25) is 0 Å². The monoisotopic (exact) mass is 265 g/mol. The number of aliphatic carboxylic acids is 2. The highest BCUT2D eigenvalue weighted by Crippen LogP contribution is 1.92. The van der Waals surface area contributed by atoms with Crippen molar-refractivity contribution in [2.24, 2.45) is 17.2 Å². The van der Waals surface area contributed by atoms with Gasteiger partial charge in [-0.05, 0) is 13.3 Å². The molecule has 106 valence electrons. The highest BCUT2D eigenvalue weighted by atomic mass is 16.4. The summed E-state index contributed by atoms with van der Waals surface area (Å²) in [6, 6.07) is -2.14. The van der Waals surface area contributed by atoms with Crippen molar-refractivity contribution >= 4 is 17.8 Å². The first-order valence-corrected chi connectivity index (χ1v) is 5.02. The van der Waals surface area contributed by atoms with Gasteiger partial charge in [0.05, 0.1) is 6.10 Å². The SMILES string of the molecule is CC(O)C(N)C(=O)O.NC(=O)CCC(N)C(=O)O. The molecule has 0 fully saturated rings. The summed E-state index contributed by atoms with van der Waals surface area (Å²) in [6.45, 7) is 1.33. The first kappa shape index (κ1) is 18.6. The number of carbonyl (C=O) groups is 3. The van der Waals surface area contributed by atoms with Gasteiger partial charge in [0.25, 0.3) is 0 Å². The van der Waals surface area contributed by atoms with E-state index in [4.69, 9.17) is 32.5 Å². The zero-order chi connectivity index (χ0) is 14.9. The largest absolute Gasteiger partial charge is 0.480 e. The number of aliphatic hydroxyl groups is 1. The standard InChI is InChI=1S/C5H10N2O3.C4H9NO3/c6-3(5(9)10)1-2-4(7)8;1-2(6)3(5)4(7)8/h3H,1-2,6H2,(H2,7,8)(H,9,10);2-3,6H,5H2,1H3,(H,7,8). The molecule has 0 aromatic rings. The second-order valence-electron chi connectivity index (χ2n) is 3.55. The van der Waals surface area contributed by atoms with Gasteiger partial charge in [-0.15, -0.1) is 0 Å². The smallest absolute Gasteiger partial charge is 0.323 e. The van der Waals surface area contributed by atoms with Crippen LogP contribution in [0.4, 0.5) is 0 Å². The number of carbonyl (C=O) groups excluding carboxylic acids is 1. The van der Waals surface area contributed by atoms with E-state index in [1.54, 1.807) is 0 Å². The number of aliphatic hydroxyl groups excluding tert-OH is 1. The minimum atomic E-state index is -1.18. The topological polar surface area (TPSA) is 190 Å². The molecule has 0 spiro atoms. The molecule has 0 saturated heterocycles. The average molecular weight is 265 g/mol. The van der Waals surface area contributed by atoms with Gasteiger partial charge >= 0.3 is 11.9 Å². The lowest BCUT2D eigenvalue weighted by Crippen LogP contribution is -2.39. The Morgan fingerprint density at radius 3 is 1.72 bits per heavy atom. The summed E-state index contributed by atoms with van der Waals surface area (Å²) < 4.78 is 0. The van der Waals surface area contributed by atoms with Crippen molar-refractivity contribution < 1.29 is 29.7 Å². The Bertz CT molecular complexity index is 294. The second-order valence-corrected chi connectivity index (χ2v) is 3.55. The number of amides is 1. The van der Waals surface area contributed by atoms with Crippen molar-refractivity contribution in [2.75, 3.05) is 0 Å². The van der Waals surface area contributed by atoms with Gasteiger partial charge in [0, 0.05) is 6.42 Å². The highest BCUT2D eigenvalue weighted by molar-refractivity contribution is 5.77. The molecule has 3 atom stereocenters. The lowest BCUT2D eigenvalue weighted by Gasteiger charge is -2.06. The molecule has 3 unspecified atom stereocenters. The van der Waals surface area contributed by atoms with Crippen LogP contribution in [0.25, 0.3) is 0 Å². The van der Waals surface area contributed by atoms with Crippen LogP contribution in [-0.4, -0.2) is 51.4 Å². The fourth-order valence-corrected chi connectivity index (χ4v) is 0.628. The van der Waals surface area contributed by atoms with Crippen molar-refractivity contribution in [3.8, 4) is 0 Å². The fourth-order valence-electron chi connectivity index (χ4n) is 0.628. The molecule has 18 heavy (non-hydrogen) atoms. The summed E-state index contributed by atoms with van der Waals surface area (Å²) in [7, 11) is 0. The minimum Gasteiger partial charge on any atom is -0.480 e. The lowest BCUT2D eigenvalue weighted by molar-refractivity contribution is -0.141. The first-order valence-electron chi connectivity index (χ1n) is 5.02. The Morgan fingerprint density at radius 2 is 1.56 bits per heavy atom. The van der Waals surface area contributed by atoms with Crippen LogP contribution in [0.3, 0.4) is 0 Å². The molecular weight excluding hydrogens is 246 g/mol. The van der Waals surface area contributed by atoms with E-state index < -0.39 is 36.0 Å². The van der Waals surface area contributed by atoms with Crippen LogP contribution in [-0.2, 0) is 14.4 Å². The number of hydrogen-bond acceptors (Lipinski definition) is 6. The van der Waals surface area contributed by atoms with Gasteiger partial charge in [-0.3, -0.25) is 14.4 Å². The fraction of sp³-hybridized carbons (Fsp3) is 0.667. The van der Waals surface area contributed by atoms with E-state index in [1.165, 1.54) is 6.92 Å². The Hall–Kier alpha value is -1.71. The molecule has 0 aliphatic heterocycles. The van der Waals surface area contributed by atoms with Gasteiger partial charge in [-0.25, -0.2) is 0 Å². The normalized spacial score (nSPS) is 14.7. The van der Waals surface area contributed by atoms with E-state index in [0.29, 0.717) is 0 Å². The molecule has 9 heteroatoms. The van der Waals surface area contributed by atoms with Gasteiger partial charge in [-0.2, -0.15) is 0 Å². The molecule has 9 N–H and O–H groups in total. The maximum atomic E-state index is 10.1. The maximum absolute atomic E-state index is 10.1. The van der Waals surface area contributed by atoms with E-state index in [-0.39, 0.29) is 12.8 Å². The number of rotatable bonds is 6. The van der Waals surface area contributed by atoms with Crippen molar-refractivity contribution in [1.29, 1.82) is 0 Å². The van der Waals surface area contributed by atoms with Gasteiger partial charge in [0.1, 0.15) is 12.1 Å². The molecule has 0 bridgehead atoms. The predicted molar refractivity (Wildman–Crippen MR) is 61.3 cm³/mol. The van der Waals surface area contributed by atoms with Crippen LogP contribution in [0.1, 0.15) is 19.8 Å². The van der Waals surface area contributed by atoms with Crippen LogP contribution in [0.5, 0.6) is 0 Å². The number of primary amides is 1. The van der Waals surface area contributed by atoms with E-state index in [1.807, 2.05) is 0 Å². The summed E-state index contributed by atoms with van der Waals surface area (Å²) >= 11 is 0. The molecule has 1 amide bonds. The summed E-state index contributed by atoms with van der Waals surface area (Å²) in [5.74, 6) is -2.82. The van der Waals surface area contributed by atoms with Gasteiger partial charge < -0.3 is 32.5 Å². The van der Waals surface area contributed by atoms with Gasteiger partial charge in [0.15, 0.2) is 0 Å². The lowest BCUT2D eigenvalue weighted by atomic mass is 10.2. The third-order valence-electron chi connectivity index (χ3n) is 1.82. The number of nitrogens with two attached hydrogens (primary N) is 3. The zero-order valence-electron chi connectivity index (χ0n) is 9.94. The Balaban J connectivity index is 0. The zero-order valence-corrected chi connectivity index (χ0v) is 9.94. The van der Waals surface area contributed by atoms with Crippen LogP contribution in [0.15, 0.2) is 0 Å². The molecule has 0 aromatic carbocycles. The summed E-state index contributed by atoms with van der Waals surface area (Å²) in [5, 5.41) is 24.8. The molecule has 9 nitrogen and oxygen atoms in total. The molecule has 0 saturated carbocycles. The van der Waals surface area contributed by atoms with Crippen molar-refractivity contribution in [3.63, 3.8) is 0 Å². The average Bonchev–Trinajstić information content (AvgIpc) is 2.24. The molecule has 0 radical (unpaired) electrons. The Morgan fingerprint density at radius 1 is 1.11 bits per heavy atom. The van der Waals surface area contributed by atoms with Crippen LogP contribution < -0.4 is 17.2 Å². The molecular formula is C9H19N3O6. The highest BCUT2D eigenvalue weighted by Gasteiger charge is 2.16. The minimum absolute atomic E-state index is 0.0213. The van der Waals surface area contributed by atoms with Crippen LogP contribution in [0, 0.1) is 0 Å². The van der Waals surface area contributed by atoms with Crippen molar-refractivity contribution in [3.05, 3.63) is 0 Å². The number of hydrogen-bond donors (Lipinski definition) is 6.